The van der Waals surface area contributed by atoms with E-state index in [1.807, 2.05) is 36.4 Å². The van der Waals surface area contributed by atoms with Crippen LogP contribution in [0.3, 0.4) is 0 Å². The number of amides is 2. The molecule has 2 aromatic rings. The van der Waals surface area contributed by atoms with Crippen LogP contribution in [0.1, 0.15) is 36.8 Å². The van der Waals surface area contributed by atoms with Crippen molar-refractivity contribution < 1.29 is 9.59 Å². The molecule has 1 aliphatic rings. The zero-order valence-corrected chi connectivity index (χ0v) is 17.5. The van der Waals surface area contributed by atoms with Gasteiger partial charge < -0.3 is 10.2 Å². The average Bonchev–Trinajstić information content (AvgIpc) is 3.06. The largest absolute Gasteiger partial charge is 0.350 e. The molecule has 1 aliphatic heterocycles. The van der Waals surface area contributed by atoms with Crippen molar-refractivity contribution in [1.82, 2.24) is 15.2 Å². The summed E-state index contributed by atoms with van der Waals surface area (Å²) in [5.74, 6) is 0.433. The molecule has 2 amide bonds. The maximum absolute atomic E-state index is 13.1. The molecule has 0 bridgehead atoms. The second-order valence-corrected chi connectivity index (χ2v) is 8.69. The van der Waals surface area contributed by atoms with Crippen molar-refractivity contribution in [2.24, 2.45) is 5.92 Å². The zero-order chi connectivity index (χ0) is 20.1. The normalized spacial score (nSPS) is 17.8. The van der Waals surface area contributed by atoms with Crippen molar-refractivity contribution in [2.45, 2.75) is 38.2 Å². The molecule has 1 saturated heterocycles. The number of nitrogens with one attached hydrogen (secondary N) is 1. The molecule has 148 valence electrons. The summed E-state index contributed by atoms with van der Waals surface area (Å²) in [6.45, 7) is 4.49. The first-order chi connectivity index (χ1) is 13.5. The first kappa shape index (κ1) is 20.7. The Kier molecular flexibility index (Phi) is 6.97. The Hall–Kier alpha value is -2.05. The van der Waals surface area contributed by atoms with Crippen molar-refractivity contribution in [3.8, 4) is 0 Å². The lowest BCUT2D eigenvalue weighted by Crippen LogP contribution is -2.49. The first-order valence-corrected chi connectivity index (χ1v) is 10.7. The predicted octanol–water partition coefficient (Wildman–Crippen LogP) is 4.04. The van der Waals surface area contributed by atoms with Gasteiger partial charge in [-0.25, -0.2) is 0 Å². The topological polar surface area (TPSA) is 62.3 Å². The van der Waals surface area contributed by atoms with E-state index in [1.165, 1.54) is 11.8 Å². The summed E-state index contributed by atoms with van der Waals surface area (Å²) in [6, 6.07) is 10.7. The number of carbonyl (C=O) groups is 2. The molecule has 0 saturated carbocycles. The fraction of sp³-hybridized carbons (Fsp3) is 0.381. The summed E-state index contributed by atoms with van der Waals surface area (Å²) >= 11 is 7.90. The van der Waals surface area contributed by atoms with Gasteiger partial charge in [-0.1, -0.05) is 49.7 Å². The molecule has 7 heteroatoms. The van der Waals surface area contributed by atoms with Crippen LogP contribution in [0.25, 0.3) is 0 Å². The van der Waals surface area contributed by atoms with Crippen LogP contribution in [0.5, 0.6) is 0 Å². The first-order valence-electron chi connectivity index (χ1n) is 9.31. The lowest BCUT2D eigenvalue weighted by atomic mass is 10.0. The zero-order valence-electron chi connectivity index (χ0n) is 16.0. The summed E-state index contributed by atoms with van der Waals surface area (Å²) in [6.07, 6.45) is 4.01. The van der Waals surface area contributed by atoms with Gasteiger partial charge >= 0.3 is 0 Å². The van der Waals surface area contributed by atoms with Crippen LogP contribution in [-0.4, -0.2) is 33.5 Å². The lowest BCUT2D eigenvalue weighted by Gasteiger charge is -2.33. The number of pyridine rings is 1. The van der Waals surface area contributed by atoms with Crippen LogP contribution < -0.4 is 5.32 Å². The van der Waals surface area contributed by atoms with Crippen molar-refractivity contribution in [3.05, 3.63) is 64.9 Å². The number of hydrogen-bond acceptors (Lipinski definition) is 4. The Labute approximate surface area is 174 Å². The van der Waals surface area contributed by atoms with Crippen molar-refractivity contribution in [3.63, 3.8) is 0 Å². The quantitative estimate of drug-likeness (QED) is 0.738. The summed E-state index contributed by atoms with van der Waals surface area (Å²) < 4.78 is 0. The number of halogens is 1. The third kappa shape index (κ3) is 4.86. The van der Waals surface area contributed by atoms with Gasteiger partial charge in [-0.05, 0) is 30.0 Å². The monoisotopic (exact) mass is 417 g/mol. The number of benzene rings is 1. The molecule has 2 heterocycles. The lowest BCUT2D eigenvalue weighted by molar-refractivity contribution is -0.139. The molecule has 1 aromatic heterocycles. The molecule has 1 fully saturated rings. The summed E-state index contributed by atoms with van der Waals surface area (Å²) in [7, 11) is 0. The summed E-state index contributed by atoms with van der Waals surface area (Å²) in [5.41, 5.74) is 1.79. The van der Waals surface area contributed by atoms with Crippen molar-refractivity contribution >= 4 is 35.2 Å². The number of hydrogen-bond donors (Lipinski definition) is 1. The van der Waals surface area contributed by atoms with Crippen molar-refractivity contribution in [1.29, 1.82) is 0 Å². The van der Waals surface area contributed by atoms with E-state index in [4.69, 9.17) is 11.6 Å². The second kappa shape index (κ2) is 9.43. The van der Waals surface area contributed by atoms with Crippen LogP contribution in [0.15, 0.2) is 48.8 Å². The third-order valence-corrected chi connectivity index (χ3v) is 6.15. The molecule has 1 aromatic carbocycles. The average molecular weight is 418 g/mol. The molecule has 5 nitrogen and oxygen atoms in total. The Bertz CT molecular complexity index is 831. The van der Waals surface area contributed by atoms with Crippen LogP contribution >= 0.6 is 23.4 Å². The van der Waals surface area contributed by atoms with Gasteiger partial charge in [0.1, 0.15) is 11.4 Å². The molecule has 3 rings (SSSR count). The fourth-order valence-corrected chi connectivity index (χ4v) is 4.85. The molecule has 0 aliphatic carbocycles. The van der Waals surface area contributed by atoms with Crippen molar-refractivity contribution in [2.75, 3.05) is 5.75 Å². The summed E-state index contributed by atoms with van der Waals surface area (Å²) in [5, 5.41) is 3.33. The highest BCUT2D eigenvalue weighted by Crippen LogP contribution is 2.43. The van der Waals surface area contributed by atoms with E-state index in [2.05, 4.69) is 24.1 Å². The Morgan fingerprint density at radius 1 is 1.32 bits per heavy atom. The van der Waals surface area contributed by atoms with Gasteiger partial charge in [-0.2, -0.15) is 0 Å². The summed E-state index contributed by atoms with van der Waals surface area (Å²) in [4.78, 5) is 31.6. The third-order valence-electron chi connectivity index (χ3n) is 4.60. The minimum atomic E-state index is -0.541. The molecule has 0 radical (unpaired) electrons. The van der Waals surface area contributed by atoms with Gasteiger partial charge in [0.05, 0.1) is 5.75 Å². The number of thioether (sulfide) groups is 1. The minimum absolute atomic E-state index is 0.0305. The minimum Gasteiger partial charge on any atom is -0.350 e. The van der Waals surface area contributed by atoms with E-state index in [1.54, 1.807) is 17.3 Å². The highest BCUT2D eigenvalue weighted by Gasteiger charge is 2.41. The number of carbonyl (C=O) groups excluding carboxylic acids is 2. The van der Waals surface area contributed by atoms with Gasteiger partial charge in [-0.3, -0.25) is 14.6 Å². The molecule has 2 atom stereocenters. The van der Waals surface area contributed by atoms with E-state index in [9.17, 15) is 9.59 Å². The van der Waals surface area contributed by atoms with E-state index in [0.717, 1.165) is 11.1 Å². The molecule has 0 spiro atoms. The second-order valence-electron chi connectivity index (χ2n) is 7.21. The van der Waals surface area contributed by atoms with Crippen LogP contribution in [0.2, 0.25) is 5.02 Å². The fourth-order valence-electron chi connectivity index (χ4n) is 3.29. The standard InChI is InChI=1S/C21H24ClN3O2S/c1-14(2)10-18(20(27)24-12-15-6-5-9-23-11-15)25-19(26)13-28-21(25)16-7-3-4-8-17(16)22/h3-9,11,14,18,21H,10,12-13H2,1-2H3,(H,24,27)/t18-,21-/m0/s1. The molecule has 0 unspecified atom stereocenters. The number of aromatic nitrogens is 1. The number of rotatable bonds is 7. The van der Waals surface area contributed by atoms with Gasteiger partial charge in [0.15, 0.2) is 0 Å². The van der Waals surface area contributed by atoms with Gasteiger partial charge in [0.25, 0.3) is 0 Å². The SMILES string of the molecule is CC(C)C[C@@H](C(=O)NCc1cccnc1)N1C(=O)CS[C@H]1c1ccccc1Cl. The highest BCUT2D eigenvalue weighted by molar-refractivity contribution is 8.00. The Morgan fingerprint density at radius 3 is 2.79 bits per heavy atom. The van der Waals surface area contributed by atoms with Gasteiger partial charge in [0.2, 0.25) is 11.8 Å². The van der Waals surface area contributed by atoms with Gasteiger partial charge in [-0.15, -0.1) is 11.8 Å². The van der Waals surface area contributed by atoms with E-state index >= 15 is 0 Å². The molecule has 1 N–H and O–H groups in total. The van der Waals surface area contributed by atoms with Crippen LogP contribution in [0, 0.1) is 5.92 Å². The maximum Gasteiger partial charge on any atom is 0.243 e. The number of nitrogens with zero attached hydrogens (tertiary/aromatic N) is 2. The van der Waals surface area contributed by atoms with Crippen LogP contribution in [-0.2, 0) is 16.1 Å². The van der Waals surface area contributed by atoms with E-state index in [-0.39, 0.29) is 23.1 Å². The van der Waals surface area contributed by atoms with E-state index < -0.39 is 6.04 Å². The molecular weight excluding hydrogens is 394 g/mol. The predicted molar refractivity (Wildman–Crippen MR) is 113 cm³/mol. The smallest absolute Gasteiger partial charge is 0.243 e. The van der Waals surface area contributed by atoms with E-state index in [0.29, 0.717) is 23.7 Å². The highest BCUT2D eigenvalue weighted by atomic mass is 35.5. The molecule has 28 heavy (non-hydrogen) atoms. The Morgan fingerprint density at radius 2 is 2.11 bits per heavy atom. The Balaban J connectivity index is 1.83. The van der Waals surface area contributed by atoms with Gasteiger partial charge in [0, 0.05) is 29.5 Å². The molecular formula is C21H24ClN3O2S. The maximum atomic E-state index is 13.1. The van der Waals surface area contributed by atoms with Crippen LogP contribution in [0.4, 0.5) is 0 Å².